The minimum absolute atomic E-state index is 0.100. The van der Waals surface area contributed by atoms with Crippen molar-refractivity contribution in [1.29, 1.82) is 5.26 Å². The average Bonchev–Trinajstić information content (AvgIpc) is 3.64. The Morgan fingerprint density at radius 3 is 2.63 bits per heavy atom. The minimum Gasteiger partial charge on any atom is -0.490 e. The Morgan fingerprint density at radius 2 is 1.88 bits per heavy atom. The van der Waals surface area contributed by atoms with Crippen LogP contribution in [0.25, 0.3) is 11.0 Å². The molecule has 2 heterocycles. The number of likely N-dealkylation sites (tertiary alicyclic amines) is 1. The van der Waals surface area contributed by atoms with Gasteiger partial charge in [0.05, 0.1) is 23.6 Å². The number of hydrogen-bond acceptors (Lipinski definition) is 5. The lowest BCUT2D eigenvalue weighted by molar-refractivity contribution is 0.0943. The van der Waals surface area contributed by atoms with Crippen molar-refractivity contribution in [2.24, 2.45) is 5.41 Å². The molecular formula is C33H34ClFN4O2. The van der Waals surface area contributed by atoms with E-state index in [0.717, 1.165) is 69.0 Å². The summed E-state index contributed by atoms with van der Waals surface area (Å²) < 4.78 is 28.6. The van der Waals surface area contributed by atoms with Crippen LogP contribution in [0, 0.1) is 29.5 Å². The number of ether oxygens (including phenoxy) is 2. The van der Waals surface area contributed by atoms with E-state index in [1.165, 1.54) is 17.1 Å². The minimum atomic E-state index is -0.378. The SMILES string of the molecule is Cc1ccc2nc(CN3CCC(Oc4cccc(OCc5ccc(Cl)cc5F)c4)CC3)n(CC3(CC#N)CC3)c2c1. The van der Waals surface area contributed by atoms with Gasteiger partial charge in [0.15, 0.2) is 0 Å². The average molecular weight is 573 g/mol. The summed E-state index contributed by atoms with van der Waals surface area (Å²) in [5, 5.41) is 9.74. The third-order valence-electron chi connectivity index (χ3n) is 8.30. The molecule has 1 aliphatic carbocycles. The zero-order valence-corrected chi connectivity index (χ0v) is 24.0. The topological polar surface area (TPSA) is 63.3 Å². The first kappa shape index (κ1) is 27.6. The fourth-order valence-corrected chi connectivity index (χ4v) is 5.82. The van der Waals surface area contributed by atoms with Crippen LogP contribution >= 0.6 is 11.6 Å². The summed E-state index contributed by atoms with van der Waals surface area (Å²) in [5.74, 6) is 2.09. The highest BCUT2D eigenvalue weighted by Gasteiger charge is 2.43. The fraction of sp³-hybridized carbons (Fsp3) is 0.394. The molecule has 0 bridgehead atoms. The molecule has 1 aromatic heterocycles. The second-order valence-electron chi connectivity index (χ2n) is 11.5. The maximum atomic E-state index is 14.1. The van der Waals surface area contributed by atoms with E-state index in [0.29, 0.717) is 22.8 Å². The first-order valence-electron chi connectivity index (χ1n) is 14.3. The molecule has 212 valence electrons. The summed E-state index contributed by atoms with van der Waals surface area (Å²) in [6, 6.07) is 21.0. The second-order valence-corrected chi connectivity index (χ2v) is 12.0. The summed E-state index contributed by atoms with van der Waals surface area (Å²) in [4.78, 5) is 7.48. The third kappa shape index (κ3) is 6.50. The number of benzene rings is 3. The molecule has 0 atom stereocenters. The quantitative estimate of drug-likeness (QED) is 0.197. The van der Waals surface area contributed by atoms with Crippen molar-refractivity contribution in [3.05, 3.63) is 88.5 Å². The van der Waals surface area contributed by atoms with Crippen molar-refractivity contribution in [3.63, 3.8) is 0 Å². The first-order valence-corrected chi connectivity index (χ1v) is 14.7. The fourth-order valence-electron chi connectivity index (χ4n) is 5.67. The maximum absolute atomic E-state index is 14.1. The molecule has 6 nitrogen and oxygen atoms in total. The second kappa shape index (κ2) is 11.7. The summed E-state index contributed by atoms with van der Waals surface area (Å²) in [6.45, 7) is 5.72. The molecule has 0 unspecified atom stereocenters. The zero-order valence-electron chi connectivity index (χ0n) is 23.3. The molecular weight excluding hydrogens is 539 g/mol. The van der Waals surface area contributed by atoms with E-state index in [9.17, 15) is 9.65 Å². The van der Waals surface area contributed by atoms with Crippen molar-refractivity contribution in [2.45, 2.75) is 64.8 Å². The van der Waals surface area contributed by atoms with Gasteiger partial charge in [-0.1, -0.05) is 29.8 Å². The molecule has 1 saturated heterocycles. The molecule has 1 aliphatic heterocycles. The number of nitrogens with zero attached hydrogens (tertiary/aromatic N) is 4. The third-order valence-corrected chi connectivity index (χ3v) is 8.54. The normalized spacial score (nSPS) is 16.9. The van der Waals surface area contributed by atoms with E-state index >= 15 is 0 Å². The molecule has 8 heteroatoms. The highest BCUT2D eigenvalue weighted by atomic mass is 35.5. The van der Waals surface area contributed by atoms with Gasteiger partial charge in [0.25, 0.3) is 0 Å². The van der Waals surface area contributed by atoms with Crippen LogP contribution < -0.4 is 9.47 Å². The predicted octanol–water partition coefficient (Wildman–Crippen LogP) is 7.45. The van der Waals surface area contributed by atoms with Crippen LogP contribution in [0.2, 0.25) is 5.02 Å². The van der Waals surface area contributed by atoms with Crippen molar-refractivity contribution in [3.8, 4) is 17.6 Å². The Kier molecular flexibility index (Phi) is 7.88. The number of nitriles is 1. The number of aromatic nitrogens is 2. The standard InChI is InChI=1S/C33H34ClFN4O2/c1-23-5-8-30-31(17-23)39(22-33(11-12-33)13-14-36)32(37-30)20-38-15-9-26(10-16-38)41-28-4-2-3-27(19-28)40-21-24-6-7-25(34)18-29(24)35/h2-8,17-19,26H,9-13,15-16,20-22H2,1H3. The molecule has 0 radical (unpaired) electrons. The Balaban J connectivity index is 1.06. The van der Waals surface area contributed by atoms with E-state index in [1.807, 2.05) is 24.3 Å². The van der Waals surface area contributed by atoms with E-state index in [1.54, 1.807) is 12.1 Å². The van der Waals surface area contributed by atoms with E-state index in [4.69, 9.17) is 26.1 Å². The van der Waals surface area contributed by atoms with Crippen LogP contribution in [0.5, 0.6) is 11.5 Å². The van der Waals surface area contributed by atoms with Gasteiger partial charge in [-0.3, -0.25) is 4.90 Å². The Labute approximate surface area is 245 Å². The van der Waals surface area contributed by atoms with Crippen molar-refractivity contribution in [1.82, 2.24) is 14.5 Å². The Hall–Kier alpha value is -3.60. The Bertz CT molecular complexity index is 1580. The molecule has 0 amide bonds. The van der Waals surface area contributed by atoms with Gasteiger partial charge in [-0.2, -0.15) is 5.26 Å². The molecule has 6 rings (SSSR count). The number of aryl methyl sites for hydroxylation is 1. The zero-order chi connectivity index (χ0) is 28.4. The van der Waals surface area contributed by atoms with Crippen molar-refractivity contribution in [2.75, 3.05) is 13.1 Å². The van der Waals surface area contributed by atoms with Crippen LogP contribution in [-0.4, -0.2) is 33.6 Å². The first-order chi connectivity index (χ1) is 19.9. The number of fused-ring (bicyclic) bond motifs is 1. The number of imidazole rings is 1. The van der Waals surface area contributed by atoms with Gasteiger partial charge in [-0.25, -0.2) is 9.37 Å². The van der Waals surface area contributed by atoms with Gasteiger partial charge in [-0.05, 0) is 74.6 Å². The monoisotopic (exact) mass is 572 g/mol. The number of rotatable bonds is 10. The number of halogens is 2. The van der Waals surface area contributed by atoms with Gasteiger partial charge in [0.2, 0.25) is 0 Å². The van der Waals surface area contributed by atoms with Gasteiger partial charge < -0.3 is 14.0 Å². The number of hydrogen-bond donors (Lipinski definition) is 0. The van der Waals surface area contributed by atoms with Gasteiger partial charge in [0.1, 0.15) is 35.9 Å². The highest BCUT2D eigenvalue weighted by molar-refractivity contribution is 6.30. The van der Waals surface area contributed by atoms with Crippen molar-refractivity contribution < 1.29 is 13.9 Å². The van der Waals surface area contributed by atoms with Gasteiger partial charge in [0, 0.05) is 48.1 Å². The lowest BCUT2D eigenvalue weighted by Crippen LogP contribution is -2.38. The summed E-state index contributed by atoms with van der Waals surface area (Å²) in [5.41, 5.74) is 3.97. The smallest absolute Gasteiger partial charge is 0.131 e. The molecule has 41 heavy (non-hydrogen) atoms. The Morgan fingerprint density at radius 1 is 1.07 bits per heavy atom. The molecule has 2 aliphatic rings. The molecule has 3 aromatic carbocycles. The van der Waals surface area contributed by atoms with E-state index in [-0.39, 0.29) is 23.9 Å². The lowest BCUT2D eigenvalue weighted by atomic mass is 10.0. The lowest BCUT2D eigenvalue weighted by Gasteiger charge is -2.32. The summed E-state index contributed by atoms with van der Waals surface area (Å²) in [6.07, 6.45) is 4.77. The molecule has 1 saturated carbocycles. The molecule has 0 N–H and O–H groups in total. The molecule has 2 fully saturated rings. The molecule has 0 spiro atoms. The van der Waals surface area contributed by atoms with Crippen LogP contribution in [0.4, 0.5) is 4.39 Å². The van der Waals surface area contributed by atoms with Crippen LogP contribution in [0.3, 0.4) is 0 Å². The van der Waals surface area contributed by atoms with Gasteiger partial charge >= 0.3 is 0 Å². The predicted molar refractivity (Wildman–Crippen MR) is 157 cm³/mol. The van der Waals surface area contributed by atoms with E-state index < -0.39 is 0 Å². The van der Waals surface area contributed by atoms with Crippen molar-refractivity contribution >= 4 is 22.6 Å². The van der Waals surface area contributed by atoms with Crippen LogP contribution in [0.15, 0.2) is 60.7 Å². The summed E-state index contributed by atoms with van der Waals surface area (Å²) in [7, 11) is 0. The van der Waals surface area contributed by atoms with E-state index in [2.05, 4.69) is 40.7 Å². The number of piperidine rings is 1. The van der Waals surface area contributed by atoms with Crippen LogP contribution in [0.1, 0.15) is 49.1 Å². The van der Waals surface area contributed by atoms with Gasteiger partial charge in [-0.15, -0.1) is 0 Å². The maximum Gasteiger partial charge on any atom is 0.131 e. The molecule has 4 aromatic rings. The highest BCUT2D eigenvalue weighted by Crippen LogP contribution is 2.50. The van der Waals surface area contributed by atoms with Crippen LogP contribution in [-0.2, 0) is 19.7 Å². The largest absolute Gasteiger partial charge is 0.490 e. The summed E-state index contributed by atoms with van der Waals surface area (Å²) >= 11 is 5.85.